The standard InChI is InChI=1S/C10H10ClN3/c11-9-2-4-13-7-10(9)14-6-8-1-3-12-5-8/h1-5,7,12,14H,6H2. The van der Waals surface area contributed by atoms with Gasteiger partial charge in [0.05, 0.1) is 16.9 Å². The van der Waals surface area contributed by atoms with Crippen LogP contribution >= 0.6 is 11.6 Å². The number of hydrogen-bond donors (Lipinski definition) is 2. The summed E-state index contributed by atoms with van der Waals surface area (Å²) in [6.07, 6.45) is 7.22. The van der Waals surface area contributed by atoms with E-state index >= 15 is 0 Å². The first-order valence-electron chi connectivity index (χ1n) is 4.31. The van der Waals surface area contributed by atoms with E-state index in [4.69, 9.17) is 11.6 Å². The van der Waals surface area contributed by atoms with Gasteiger partial charge in [-0.25, -0.2) is 0 Å². The van der Waals surface area contributed by atoms with Crippen molar-refractivity contribution in [1.29, 1.82) is 0 Å². The van der Waals surface area contributed by atoms with Gasteiger partial charge in [0.1, 0.15) is 0 Å². The van der Waals surface area contributed by atoms with Crippen molar-refractivity contribution in [3.63, 3.8) is 0 Å². The molecule has 3 nitrogen and oxygen atoms in total. The molecule has 0 saturated heterocycles. The van der Waals surface area contributed by atoms with Crippen LogP contribution in [0.3, 0.4) is 0 Å². The largest absolute Gasteiger partial charge is 0.378 e. The molecule has 0 amide bonds. The summed E-state index contributed by atoms with van der Waals surface area (Å²) in [5, 5.41) is 3.89. The lowest BCUT2D eigenvalue weighted by molar-refractivity contribution is 1.14. The lowest BCUT2D eigenvalue weighted by atomic mass is 10.3. The molecule has 2 aromatic heterocycles. The Morgan fingerprint density at radius 3 is 3.07 bits per heavy atom. The van der Waals surface area contributed by atoms with E-state index in [9.17, 15) is 0 Å². The van der Waals surface area contributed by atoms with Gasteiger partial charge in [0, 0.05) is 25.1 Å². The molecule has 14 heavy (non-hydrogen) atoms. The summed E-state index contributed by atoms with van der Waals surface area (Å²) in [4.78, 5) is 6.98. The summed E-state index contributed by atoms with van der Waals surface area (Å²) in [5.41, 5.74) is 2.04. The van der Waals surface area contributed by atoms with E-state index in [0.717, 1.165) is 12.2 Å². The van der Waals surface area contributed by atoms with Crippen LogP contribution in [0.2, 0.25) is 5.02 Å². The number of pyridine rings is 1. The number of hydrogen-bond acceptors (Lipinski definition) is 2. The second kappa shape index (κ2) is 4.15. The highest BCUT2D eigenvalue weighted by Gasteiger charge is 1.98. The average Bonchev–Trinajstić information content (AvgIpc) is 2.69. The lowest BCUT2D eigenvalue weighted by Gasteiger charge is -2.05. The summed E-state index contributed by atoms with van der Waals surface area (Å²) in [7, 11) is 0. The van der Waals surface area contributed by atoms with Crippen LogP contribution < -0.4 is 5.32 Å². The lowest BCUT2D eigenvalue weighted by Crippen LogP contribution is -1.98. The van der Waals surface area contributed by atoms with E-state index in [2.05, 4.69) is 15.3 Å². The van der Waals surface area contributed by atoms with Crippen molar-refractivity contribution in [1.82, 2.24) is 9.97 Å². The molecule has 4 heteroatoms. The Morgan fingerprint density at radius 1 is 1.43 bits per heavy atom. The zero-order valence-corrected chi connectivity index (χ0v) is 8.25. The van der Waals surface area contributed by atoms with Crippen LogP contribution in [-0.2, 0) is 6.54 Å². The first-order valence-corrected chi connectivity index (χ1v) is 4.69. The van der Waals surface area contributed by atoms with Crippen LogP contribution in [0.15, 0.2) is 36.9 Å². The van der Waals surface area contributed by atoms with Gasteiger partial charge in [0.25, 0.3) is 0 Å². The Kier molecular flexibility index (Phi) is 2.70. The molecule has 0 fully saturated rings. The van der Waals surface area contributed by atoms with Gasteiger partial charge in [-0.15, -0.1) is 0 Å². The topological polar surface area (TPSA) is 40.7 Å². The van der Waals surface area contributed by atoms with Gasteiger partial charge in [-0.3, -0.25) is 4.98 Å². The van der Waals surface area contributed by atoms with Crippen LogP contribution in [0, 0.1) is 0 Å². The number of aromatic amines is 1. The fourth-order valence-electron chi connectivity index (χ4n) is 1.17. The molecule has 0 aromatic carbocycles. The number of nitrogens with one attached hydrogen (secondary N) is 2. The fourth-order valence-corrected chi connectivity index (χ4v) is 1.35. The number of rotatable bonds is 3. The van der Waals surface area contributed by atoms with E-state index in [1.54, 1.807) is 18.5 Å². The van der Waals surface area contributed by atoms with Gasteiger partial charge < -0.3 is 10.3 Å². The molecule has 2 rings (SSSR count). The monoisotopic (exact) mass is 207 g/mol. The summed E-state index contributed by atoms with van der Waals surface area (Å²) >= 11 is 5.95. The van der Waals surface area contributed by atoms with Crippen molar-refractivity contribution in [2.24, 2.45) is 0 Å². The number of halogens is 1. The molecular formula is C10H10ClN3. The van der Waals surface area contributed by atoms with Crippen LogP contribution in [0.5, 0.6) is 0 Å². The quantitative estimate of drug-likeness (QED) is 0.813. The molecule has 2 heterocycles. The van der Waals surface area contributed by atoms with Crippen LogP contribution in [0.25, 0.3) is 0 Å². The Morgan fingerprint density at radius 2 is 2.36 bits per heavy atom. The van der Waals surface area contributed by atoms with Gasteiger partial charge in [-0.05, 0) is 17.7 Å². The normalized spacial score (nSPS) is 10.1. The van der Waals surface area contributed by atoms with E-state index in [1.807, 2.05) is 18.5 Å². The zero-order valence-electron chi connectivity index (χ0n) is 7.50. The highest BCUT2D eigenvalue weighted by atomic mass is 35.5. The Bertz CT molecular complexity index is 398. The molecule has 0 aliphatic heterocycles. The zero-order chi connectivity index (χ0) is 9.80. The molecule has 72 valence electrons. The fraction of sp³-hybridized carbons (Fsp3) is 0.100. The molecule has 0 radical (unpaired) electrons. The SMILES string of the molecule is Clc1ccncc1NCc1cc[nH]c1. The molecule has 0 bridgehead atoms. The van der Waals surface area contributed by atoms with Gasteiger partial charge in [0.2, 0.25) is 0 Å². The highest BCUT2D eigenvalue weighted by molar-refractivity contribution is 6.33. The van der Waals surface area contributed by atoms with E-state index in [-0.39, 0.29) is 0 Å². The Hall–Kier alpha value is -1.48. The van der Waals surface area contributed by atoms with Crippen LogP contribution in [0.4, 0.5) is 5.69 Å². The van der Waals surface area contributed by atoms with Gasteiger partial charge in [0.15, 0.2) is 0 Å². The first kappa shape index (κ1) is 9.09. The first-order chi connectivity index (χ1) is 6.86. The summed E-state index contributed by atoms with van der Waals surface area (Å²) in [5.74, 6) is 0. The number of anilines is 1. The second-order valence-corrected chi connectivity index (χ2v) is 3.34. The maximum atomic E-state index is 5.95. The molecule has 0 saturated carbocycles. The third-order valence-corrected chi connectivity index (χ3v) is 2.24. The summed E-state index contributed by atoms with van der Waals surface area (Å²) < 4.78 is 0. The van der Waals surface area contributed by atoms with Gasteiger partial charge in [-0.2, -0.15) is 0 Å². The third-order valence-electron chi connectivity index (χ3n) is 1.91. The van der Waals surface area contributed by atoms with Gasteiger partial charge in [-0.1, -0.05) is 11.6 Å². The van der Waals surface area contributed by atoms with Gasteiger partial charge >= 0.3 is 0 Å². The molecule has 0 spiro atoms. The van der Waals surface area contributed by atoms with Crippen molar-refractivity contribution in [2.75, 3.05) is 5.32 Å². The smallest absolute Gasteiger partial charge is 0.0718 e. The Balaban J connectivity index is 2.02. The number of H-pyrrole nitrogens is 1. The van der Waals surface area contributed by atoms with Crippen LogP contribution in [-0.4, -0.2) is 9.97 Å². The molecule has 2 aromatic rings. The maximum absolute atomic E-state index is 5.95. The molecular weight excluding hydrogens is 198 g/mol. The maximum Gasteiger partial charge on any atom is 0.0718 e. The summed E-state index contributed by atoms with van der Waals surface area (Å²) in [6.45, 7) is 0.745. The highest BCUT2D eigenvalue weighted by Crippen LogP contribution is 2.19. The molecule has 2 N–H and O–H groups in total. The molecule has 0 unspecified atom stereocenters. The van der Waals surface area contributed by atoms with E-state index in [1.165, 1.54) is 5.56 Å². The van der Waals surface area contributed by atoms with Crippen LogP contribution in [0.1, 0.15) is 5.56 Å². The minimum absolute atomic E-state index is 0.690. The van der Waals surface area contributed by atoms with Crippen molar-refractivity contribution in [2.45, 2.75) is 6.54 Å². The van der Waals surface area contributed by atoms with E-state index < -0.39 is 0 Å². The van der Waals surface area contributed by atoms with E-state index in [0.29, 0.717) is 5.02 Å². The molecule has 0 aliphatic carbocycles. The Labute approximate surface area is 87.1 Å². The average molecular weight is 208 g/mol. The van der Waals surface area contributed by atoms with Crippen molar-refractivity contribution < 1.29 is 0 Å². The van der Waals surface area contributed by atoms with Crippen molar-refractivity contribution in [3.05, 3.63) is 47.5 Å². The minimum atomic E-state index is 0.690. The minimum Gasteiger partial charge on any atom is -0.378 e. The molecule has 0 aliphatic rings. The molecule has 0 atom stereocenters. The van der Waals surface area contributed by atoms with Crippen molar-refractivity contribution in [3.8, 4) is 0 Å². The summed E-state index contributed by atoms with van der Waals surface area (Å²) in [6, 6.07) is 3.78. The second-order valence-electron chi connectivity index (χ2n) is 2.93. The number of aromatic nitrogens is 2. The third kappa shape index (κ3) is 2.06. The van der Waals surface area contributed by atoms with Crippen molar-refractivity contribution >= 4 is 17.3 Å². The predicted octanol–water partition coefficient (Wildman–Crippen LogP) is 2.68. The number of nitrogens with zero attached hydrogens (tertiary/aromatic N) is 1. The predicted molar refractivity (Wildman–Crippen MR) is 57.4 cm³/mol.